The molecule has 0 N–H and O–H groups in total. The van der Waals surface area contributed by atoms with Crippen molar-refractivity contribution in [1.82, 2.24) is 0 Å². The zero-order valence-electron chi connectivity index (χ0n) is 12.0. The average Bonchev–Trinajstić information content (AvgIpc) is 2.53. The van der Waals surface area contributed by atoms with Crippen molar-refractivity contribution in [2.45, 2.75) is 23.7 Å². The highest BCUT2D eigenvalue weighted by molar-refractivity contribution is 7.99. The third-order valence-corrected chi connectivity index (χ3v) is 4.56. The van der Waals surface area contributed by atoms with Crippen LogP contribution >= 0.6 is 11.8 Å². The summed E-state index contributed by atoms with van der Waals surface area (Å²) in [6.07, 6.45) is 0.516. The molecule has 0 aromatic heterocycles. The van der Waals surface area contributed by atoms with E-state index in [0.29, 0.717) is 6.42 Å². The van der Waals surface area contributed by atoms with Crippen molar-refractivity contribution in [3.8, 4) is 6.07 Å². The summed E-state index contributed by atoms with van der Waals surface area (Å²) in [4.78, 5) is 13.3. The molecule has 21 heavy (non-hydrogen) atoms. The summed E-state index contributed by atoms with van der Waals surface area (Å²) < 4.78 is 0. The molecule has 0 fully saturated rings. The molecular formula is C18H17NOS. The second kappa shape index (κ2) is 7.10. The van der Waals surface area contributed by atoms with E-state index in [1.54, 1.807) is 11.8 Å². The number of rotatable bonds is 6. The molecule has 0 amide bonds. The van der Waals surface area contributed by atoms with Gasteiger partial charge in [-0.05, 0) is 31.0 Å². The molecule has 0 aliphatic heterocycles. The SMILES string of the molecule is CC(=O)C(C#N)(CCSc1ccccc1)c1ccccc1. The van der Waals surface area contributed by atoms with Gasteiger partial charge >= 0.3 is 0 Å². The molecule has 106 valence electrons. The number of nitriles is 1. The molecule has 0 aliphatic rings. The minimum absolute atomic E-state index is 0.0927. The van der Waals surface area contributed by atoms with Crippen LogP contribution in [0.25, 0.3) is 0 Å². The maximum atomic E-state index is 12.1. The van der Waals surface area contributed by atoms with Crippen molar-refractivity contribution in [1.29, 1.82) is 5.26 Å². The first-order valence-corrected chi connectivity index (χ1v) is 7.83. The van der Waals surface area contributed by atoms with E-state index in [4.69, 9.17) is 0 Å². The third-order valence-electron chi connectivity index (χ3n) is 3.55. The lowest BCUT2D eigenvalue weighted by molar-refractivity contribution is -0.120. The van der Waals surface area contributed by atoms with Crippen molar-refractivity contribution < 1.29 is 4.79 Å². The van der Waals surface area contributed by atoms with Crippen LogP contribution in [0.3, 0.4) is 0 Å². The highest BCUT2D eigenvalue weighted by Gasteiger charge is 2.37. The fourth-order valence-corrected chi connectivity index (χ4v) is 3.28. The summed E-state index contributed by atoms with van der Waals surface area (Å²) in [7, 11) is 0. The zero-order valence-corrected chi connectivity index (χ0v) is 12.8. The van der Waals surface area contributed by atoms with E-state index in [2.05, 4.69) is 6.07 Å². The fourth-order valence-electron chi connectivity index (χ4n) is 2.28. The highest BCUT2D eigenvalue weighted by atomic mass is 32.2. The Bertz CT molecular complexity index is 633. The van der Waals surface area contributed by atoms with Gasteiger partial charge in [0.25, 0.3) is 0 Å². The Hall–Kier alpha value is -2.05. The summed E-state index contributed by atoms with van der Waals surface area (Å²) in [5, 5.41) is 9.62. The van der Waals surface area contributed by atoms with Crippen LogP contribution < -0.4 is 0 Å². The normalized spacial score (nSPS) is 13.1. The smallest absolute Gasteiger partial charge is 0.154 e. The summed E-state index contributed by atoms with van der Waals surface area (Å²) in [5.41, 5.74) is -0.253. The Morgan fingerprint density at radius 1 is 1.10 bits per heavy atom. The lowest BCUT2D eigenvalue weighted by Gasteiger charge is -2.24. The van der Waals surface area contributed by atoms with Crippen molar-refractivity contribution >= 4 is 17.5 Å². The van der Waals surface area contributed by atoms with Gasteiger partial charge in [0.1, 0.15) is 5.41 Å². The summed E-state index contributed by atoms with van der Waals surface area (Å²) in [5.74, 6) is 0.636. The van der Waals surface area contributed by atoms with E-state index in [-0.39, 0.29) is 5.78 Å². The van der Waals surface area contributed by atoms with Crippen LogP contribution in [0, 0.1) is 11.3 Å². The molecule has 0 spiro atoms. The number of carbonyl (C=O) groups excluding carboxylic acids is 1. The van der Waals surface area contributed by atoms with Gasteiger partial charge in [-0.3, -0.25) is 4.79 Å². The molecule has 0 saturated carbocycles. The Labute approximate surface area is 129 Å². The van der Waals surface area contributed by atoms with Crippen LogP contribution in [-0.4, -0.2) is 11.5 Å². The second-order valence-electron chi connectivity index (χ2n) is 4.85. The van der Waals surface area contributed by atoms with Gasteiger partial charge in [-0.25, -0.2) is 0 Å². The monoisotopic (exact) mass is 295 g/mol. The molecule has 2 aromatic rings. The van der Waals surface area contributed by atoms with E-state index in [9.17, 15) is 10.1 Å². The Morgan fingerprint density at radius 2 is 1.67 bits per heavy atom. The van der Waals surface area contributed by atoms with Gasteiger partial charge in [-0.1, -0.05) is 48.5 Å². The minimum Gasteiger partial charge on any atom is -0.298 e. The number of thioether (sulfide) groups is 1. The molecule has 2 aromatic carbocycles. The van der Waals surface area contributed by atoms with Crippen LogP contribution in [0.1, 0.15) is 18.9 Å². The first-order chi connectivity index (χ1) is 10.2. The van der Waals surface area contributed by atoms with Gasteiger partial charge in [-0.15, -0.1) is 11.8 Å². The van der Waals surface area contributed by atoms with Gasteiger partial charge in [-0.2, -0.15) is 5.26 Å². The van der Waals surface area contributed by atoms with Crippen LogP contribution in [0.2, 0.25) is 0 Å². The quantitative estimate of drug-likeness (QED) is 0.749. The zero-order chi connectivity index (χ0) is 15.1. The summed E-state index contributed by atoms with van der Waals surface area (Å²) in [6, 6.07) is 21.6. The first-order valence-electron chi connectivity index (χ1n) is 6.85. The molecule has 0 radical (unpaired) electrons. The molecule has 0 bridgehead atoms. The van der Waals surface area contributed by atoms with Gasteiger partial charge in [0.2, 0.25) is 0 Å². The third kappa shape index (κ3) is 3.53. The number of benzene rings is 2. The molecule has 0 heterocycles. The van der Waals surface area contributed by atoms with E-state index >= 15 is 0 Å². The Morgan fingerprint density at radius 3 is 2.19 bits per heavy atom. The Kier molecular flexibility index (Phi) is 5.19. The lowest BCUT2D eigenvalue weighted by Crippen LogP contribution is -2.33. The average molecular weight is 295 g/mol. The van der Waals surface area contributed by atoms with Crippen molar-refractivity contribution in [3.05, 3.63) is 66.2 Å². The number of hydrogen-bond acceptors (Lipinski definition) is 3. The van der Waals surface area contributed by atoms with Crippen LogP contribution in [-0.2, 0) is 10.2 Å². The number of carbonyl (C=O) groups is 1. The molecule has 0 saturated heterocycles. The van der Waals surface area contributed by atoms with Crippen LogP contribution in [0.15, 0.2) is 65.6 Å². The van der Waals surface area contributed by atoms with Gasteiger partial charge < -0.3 is 0 Å². The van der Waals surface area contributed by atoms with Crippen molar-refractivity contribution in [2.75, 3.05) is 5.75 Å². The molecule has 1 atom stereocenters. The standard InChI is InChI=1S/C18H17NOS/c1-15(20)18(14-19,16-8-4-2-5-9-16)12-13-21-17-10-6-3-7-11-17/h2-11H,12-13H2,1H3. The van der Waals surface area contributed by atoms with E-state index in [1.807, 2.05) is 60.7 Å². The fraction of sp³-hybridized carbons (Fsp3) is 0.222. The molecule has 1 unspecified atom stereocenters. The van der Waals surface area contributed by atoms with Gasteiger partial charge in [0.05, 0.1) is 6.07 Å². The van der Waals surface area contributed by atoms with E-state index in [1.165, 1.54) is 6.92 Å². The number of hydrogen-bond donors (Lipinski definition) is 0. The van der Waals surface area contributed by atoms with Crippen molar-refractivity contribution in [2.24, 2.45) is 0 Å². The predicted molar refractivity (Wildman–Crippen MR) is 86.2 cm³/mol. The van der Waals surface area contributed by atoms with E-state index in [0.717, 1.165) is 16.2 Å². The summed E-state index contributed by atoms with van der Waals surface area (Å²) in [6.45, 7) is 1.50. The molecule has 2 rings (SSSR count). The largest absolute Gasteiger partial charge is 0.298 e. The predicted octanol–water partition coefficient (Wildman–Crippen LogP) is 4.22. The topological polar surface area (TPSA) is 40.9 Å². The Balaban J connectivity index is 2.15. The summed E-state index contributed by atoms with van der Waals surface area (Å²) >= 11 is 1.67. The molecular weight excluding hydrogens is 278 g/mol. The van der Waals surface area contributed by atoms with Crippen LogP contribution in [0.4, 0.5) is 0 Å². The van der Waals surface area contributed by atoms with Gasteiger partial charge in [0.15, 0.2) is 5.78 Å². The second-order valence-corrected chi connectivity index (χ2v) is 6.02. The maximum absolute atomic E-state index is 12.1. The van der Waals surface area contributed by atoms with Gasteiger partial charge in [0, 0.05) is 10.6 Å². The number of nitrogens with zero attached hydrogens (tertiary/aromatic N) is 1. The maximum Gasteiger partial charge on any atom is 0.154 e. The minimum atomic E-state index is -1.04. The van der Waals surface area contributed by atoms with Crippen molar-refractivity contribution in [3.63, 3.8) is 0 Å². The lowest BCUT2D eigenvalue weighted by atomic mass is 9.76. The molecule has 0 aliphatic carbocycles. The highest BCUT2D eigenvalue weighted by Crippen LogP contribution is 2.31. The van der Waals surface area contributed by atoms with E-state index < -0.39 is 5.41 Å². The molecule has 3 heteroatoms. The first kappa shape index (κ1) is 15.3. The molecule has 2 nitrogen and oxygen atoms in total. The number of Topliss-reactive ketones (excluding diaryl/α,β-unsaturated/α-hetero) is 1. The van der Waals surface area contributed by atoms with Crippen LogP contribution in [0.5, 0.6) is 0 Å². The number of ketones is 1.